The average molecular weight is 299 g/mol. The number of benzene rings is 2. The van der Waals surface area contributed by atoms with E-state index in [1.165, 1.54) is 18.5 Å². The van der Waals surface area contributed by atoms with E-state index >= 15 is 0 Å². The summed E-state index contributed by atoms with van der Waals surface area (Å²) in [7, 11) is 1.58. The number of methoxy groups -OCH3 is 1. The van der Waals surface area contributed by atoms with Gasteiger partial charge in [0.05, 0.1) is 18.0 Å². The first kappa shape index (κ1) is 14.1. The first-order chi connectivity index (χ1) is 10.6. The number of aryl methyl sites for hydroxylation is 1. The SMILES string of the molecule is COc1cc2c(Oc3ccc(N)cc3F)ncnc2cc1C. The van der Waals surface area contributed by atoms with Crippen molar-refractivity contribution in [2.24, 2.45) is 0 Å². The van der Waals surface area contributed by atoms with Gasteiger partial charge in [-0.05, 0) is 36.8 Å². The van der Waals surface area contributed by atoms with E-state index in [0.29, 0.717) is 22.3 Å². The Hall–Kier alpha value is -2.89. The lowest BCUT2D eigenvalue weighted by molar-refractivity contribution is 0.411. The summed E-state index contributed by atoms with van der Waals surface area (Å²) in [5, 5.41) is 0.640. The third kappa shape index (κ3) is 2.50. The zero-order valence-corrected chi connectivity index (χ0v) is 12.1. The van der Waals surface area contributed by atoms with Crippen molar-refractivity contribution in [2.45, 2.75) is 6.92 Å². The zero-order chi connectivity index (χ0) is 15.7. The number of ether oxygens (including phenoxy) is 2. The molecule has 0 spiro atoms. The number of halogens is 1. The number of nitrogens with zero attached hydrogens (tertiary/aromatic N) is 2. The molecule has 0 radical (unpaired) electrons. The Bertz CT molecular complexity index is 852. The van der Waals surface area contributed by atoms with Crippen LogP contribution in [-0.2, 0) is 0 Å². The fourth-order valence-corrected chi connectivity index (χ4v) is 2.17. The Morgan fingerprint density at radius 2 is 1.91 bits per heavy atom. The molecule has 2 N–H and O–H groups in total. The van der Waals surface area contributed by atoms with Crippen molar-refractivity contribution in [3.8, 4) is 17.4 Å². The predicted molar refractivity (Wildman–Crippen MR) is 81.7 cm³/mol. The maximum Gasteiger partial charge on any atom is 0.230 e. The minimum absolute atomic E-state index is 0.0498. The van der Waals surface area contributed by atoms with Crippen LogP contribution in [-0.4, -0.2) is 17.1 Å². The van der Waals surface area contributed by atoms with Gasteiger partial charge in [0.25, 0.3) is 0 Å². The molecule has 0 aliphatic rings. The number of fused-ring (bicyclic) bond motifs is 1. The summed E-state index contributed by atoms with van der Waals surface area (Å²) in [5.74, 6) is 0.441. The van der Waals surface area contributed by atoms with Gasteiger partial charge in [-0.1, -0.05) is 0 Å². The molecule has 5 nitrogen and oxygen atoms in total. The molecule has 0 fully saturated rings. The maximum absolute atomic E-state index is 13.9. The van der Waals surface area contributed by atoms with E-state index in [2.05, 4.69) is 9.97 Å². The van der Waals surface area contributed by atoms with Gasteiger partial charge in [0, 0.05) is 11.8 Å². The van der Waals surface area contributed by atoms with Gasteiger partial charge in [-0.3, -0.25) is 0 Å². The molecule has 2 aromatic carbocycles. The van der Waals surface area contributed by atoms with Gasteiger partial charge in [0.15, 0.2) is 11.6 Å². The lowest BCUT2D eigenvalue weighted by Crippen LogP contribution is -1.96. The van der Waals surface area contributed by atoms with Crippen molar-refractivity contribution in [1.82, 2.24) is 9.97 Å². The third-order valence-corrected chi connectivity index (χ3v) is 3.28. The highest BCUT2D eigenvalue weighted by Crippen LogP contribution is 2.32. The second-order valence-electron chi connectivity index (χ2n) is 4.81. The van der Waals surface area contributed by atoms with E-state index in [1.54, 1.807) is 19.2 Å². The van der Waals surface area contributed by atoms with Crippen LogP contribution in [0, 0.1) is 12.7 Å². The molecule has 0 bridgehead atoms. The van der Waals surface area contributed by atoms with Crippen LogP contribution in [0.2, 0.25) is 0 Å². The molecular formula is C16H14FN3O2. The van der Waals surface area contributed by atoms with E-state index < -0.39 is 5.82 Å². The number of hydrogen-bond donors (Lipinski definition) is 1. The van der Waals surface area contributed by atoms with Crippen molar-refractivity contribution in [3.63, 3.8) is 0 Å². The van der Waals surface area contributed by atoms with Crippen LogP contribution in [0.15, 0.2) is 36.7 Å². The molecule has 3 aromatic rings. The number of rotatable bonds is 3. The predicted octanol–water partition coefficient (Wildman–Crippen LogP) is 3.46. The van der Waals surface area contributed by atoms with Crippen LogP contribution < -0.4 is 15.2 Å². The molecule has 6 heteroatoms. The van der Waals surface area contributed by atoms with Crippen molar-refractivity contribution >= 4 is 16.6 Å². The summed E-state index contributed by atoms with van der Waals surface area (Å²) < 4.78 is 24.7. The van der Waals surface area contributed by atoms with E-state index in [0.717, 1.165) is 5.56 Å². The lowest BCUT2D eigenvalue weighted by atomic mass is 10.1. The summed E-state index contributed by atoms with van der Waals surface area (Å²) >= 11 is 0. The molecule has 1 heterocycles. The third-order valence-electron chi connectivity index (χ3n) is 3.28. The molecular weight excluding hydrogens is 285 g/mol. The monoisotopic (exact) mass is 299 g/mol. The molecule has 0 aliphatic heterocycles. The normalized spacial score (nSPS) is 10.7. The van der Waals surface area contributed by atoms with Crippen LogP contribution in [0.1, 0.15) is 5.56 Å². The lowest BCUT2D eigenvalue weighted by Gasteiger charge is -2.11. The van der Waals surface area contributed by atoms with E-state index in [-0.39, 0.29) is 11.6 Å². The molecule has 0 saturated carbocycles. The maximum atomic E-state index is 13.9. The first-order valence-corrected chi connectivity index (χ1v) is 6.60. The minimum atomic E-state index is -0.550. The molecule has 0 amide bonds. The fraction of sp³-hybridized carbons (Fsp3) is 0.125. The highest BCUT2D eigenvalue weighted by Gasteiger charge is 2.12. The summed E-state index contributed by atoms with van der Waals surface area (Å²) in [4.78, 5) is 8.28. The molecule has 112 valence electrons. The summed E-state index contributed by atoms with van der Waals surface area (Å²) in [6.45, 7) is 1.92. The standard InChI is InChI=1S/C16H14FN3O2/c1-9-5-13-11(7-15(9)21-2)16(20-8-19-13)22-14-4-3-10(18)6-12(14)17/h3-8H,18H2,1-2H3. The molecule has 22 heavy (non-hydrogen) atoms. The quantitative estimate of drug-likeness (QED) is 0.750. The Balaban J connectivity index is 2.10. The average Bonchev–Trinajstić information content (AvgIpc) is 2.49. The molecule has 0 aliphatic carbocycles. The zero-order valence-electron chi connectivity index (χ0n) is 12.1. The van der Waals surface area contributed by atoms with Crippen molar-refractivity contribution in [2.75, 3.05) is 12.8 Å². The molecule has 0 saturated heterocycles. The Morgan fingerprint density at radius 3 is 2.64 bits per heavy atom. The molecule has 0 unspecified atom stereocenters. The van der Waals surface area contributed by atoms with E-state index in [1.807, 2.05) is 13.0 Å². The van der Waals surface area contributed by atoms with Crippen LogP contribution in [0.5, 0.6) is 17.4 Å². The van der Waals surface area contributed by atoms with Gasteiger partial charge in [-0.15, -0.1) is 0 Å². The van der Waals surface area contributed by atoms with Gasteiger partial charge in [0.1, 0.15) is 12.1 Å². The number of hydrogen-bond acceptors (Lipinski definition) is 5. The summed E-state index contributed by atoms with van der Waals surface area (Å²) in [5.41, 5.74) is 7.49. The number of nitrogen functional groups attached to an aromatic ring is 1. The van der Waals surface area contributed by atoms with Crippen LogP contribution in [0.25, 0.3) is 10.9 Å². The van der Waals surface area contributed by atoms with Gasteiger partial charge in [-0.25, -0.2) is 14.4 Å². The molecule has 0 atom stereocenters. The summed E-state index contributed by atoms with van der Waals surface area (Å²) in [6.07, 6.45) is 1.37. The Kier molecular flexibility index (Phi) is 3.50. The smallest absolute Gasteiger partial charge is 0.230 e. The van der Waals surface area contributed by atoms with Gasteiger partial charge in [0.2, 0.25) is 5.88 Å². The van der Waals surface area contributed by atoms with Crippen LogP contribution in [0.3, 0.4) is 0 Å². The van der Waals surface area contributed by atoms with Crippen molar-refractivity contribution in [1.29, 1.82) is 0 Å². The van der Waals surface area contributed by atoms with Crippen molar-refractivity contribution < 1.29 is 13.9 Å². The Morgan fingerprint density at radius 1 is 1.09 bits per heavy atom. The van der Waals surface area contributed by atoms with Gasteiger partial charge in [-0.2, -0.15) is 0 Å². The van der Waals surface area contributed by atoms with Crippen LogP contribution in [0.4, 0.5) is 10.1 Å². The number of anilines is 1. The molecule has 1 aromatic heterocycles. The highest BCUT2D eigenvalue weighted by atomic mass is 19.1. The van der Waals surface area contributed by atoms with Crippen LogP contribution >= 0.6 is 0 Å². The minimum Gasteiger partial charge on any atom is -0.496 e. The van der Waals surface area contributed by atoms with Crippen molar-refractivity contribution in [3.05, 3.63) is 48.0 Å². The first-order valence-electron chi connectivity index (χ1n) is 6.60. The fourth-order valence-electron chi connectivity index (χ4n) is 2.17. The van der Waals surface area contributed by atoms with Gasteiger partial charge >= 0.3 is 0 Å². The highest BCUT2D eigenvalue weighted by molar-refractivity contribution is 5.85. The second-order valence-corrected chi connectivity index (χ2v) is 4.81. The number of nitrogens with two attached hydrogens (primary N) is 1. The Labute approximate surface area is 126 Å². The van der Waals surface area contributed by atoms with E-state index in [4.69, 9.17) is 15.2 Å². The largest absolute Gasteiger partial charge is 0.496 e. The second kappa shape index (κ2) is 5.48. The molecule has 3 rings (SSSR count). The topological polar surface area (TPSA) is 70.3 Å². The summed E-state index contributed by atoms with van der Waals surface area (Å²) in [6, 6.07) is 7.86. The van der Waals surface area contributed by atoms with E-state index in [9.17, 15) is 4.39 Å². The number of aromatic nitrogens is 2. The van der Waals surface area contributed by atoms with Gasteiger partial charge < -0.3 is 15.2 Å².